The molecule has 0 saturated heterocycles. The molecule has 0 aromatic carbocycles. The van der Waals surface area contributed by atoms with Crippen LogP contribution in [0.1, 0.15) is 25.7 Å². The Hall–Kier alpha value is -1.04. The second-order valence-corrected chi connectivity index (χ2v) is 20.7. The van der Waals surface area contributed by atoms with E-state index in [1.807, 2.05) is 0 Å². The molecule has 0 radical (unpaired) electrons. The Morgan fingerprint density at radius 1 is 0.316 bits per heavy atom. The molecule has 76 heavy (non-hydrogen) atoms. The van der Waals surface area contributed by atoms with Gasteiger partial charge in [0.25, 0.3) is 0 Å². The van der Waals surface area contributed by atoms with Crippen molar-refractivity contribution in [3.05, 3.63) is 0 Å². The average Bonchev–Trinajstić information content (AvgIpc) is 3.33. The summed E-state index contributed by atoms with van der Waals surface area (Å²) in [6, 6.07) is 0. The van der Waals surface area contributed by atoms with Gasteiger partial charge in [0.15, 0.2) is 26.9 Å². The van der Waals surface area contributed by atoms with Crippen molar-refractivity contribution in [1.29, 1.82) is 0 Å². The fourth-order valence-corrected chi connectivity index (χ4v) is 7.60. The minimum absolute atomic E-state index is 0.00419. The van der Waals surface area contributed by atoms with Crippen molar-refractivity contribution in [2.24, 2.45) is 0 Å². The third-order valence-corrected chi connectivity index (χ3v) is 11.9. The van der Waals surface area contributed by atoms with Crippen LogP contribution in [0.2, 0.25) is 0 Å². The topological polar surface area (TPSA) is 521 Å². The number of nitrogens with one attached hydrogen (secondary N) is 4. The second kappa shape index (κ2) is 47.6. The molecule has 0 aliphatic carbocycles. The van der Waals surface area contributed by atoms with Gasteiger partial charge in [-0.15, -0.1) is 37.7 Å². The number of carbonyl (C=O) groups excluding carboxylic acids is 4. The summed E-state index contributed by atoms with van der Waals surface area (Å²) in [5.74, 6) is -1.96. The summed E-state index contributed by atoms with van der Waals surface area (Å²) >= 11 is 0. The number of amides is 4. The lowest BCUT2D eigenvalue weighted by atomic mass is 10.2. The molecule has 0 aromatic rings. The van der Waals surface area contributed by atoms with Crippen LogP contribution in [0, 0.1) is 0 Å². The van der Waals surface area contributed by atoms with Crippen LogP contribution < -0.4 is 21.3 Å². The van der Waals surface area contributed by atoms with Gasteiger partial charge in [-0.05, 0) is 0 Å². The normalized spacial score (nSPS) is 12.9. The third-order valence-electron chi connectivity index (χ3n) is 9.18. The molecule has 0 spiro atoms. The van der Waals surface area contributed by atoms with Crippen molar-refractivity contribution < 1.29 is 132 Å². The standard InChI is InChI=1S/C30H64N10O28P8/c41-27(31-5-13-37(19-61-69(45)46)20-62-70(47)48)1-9-35(10-2-28(42)32-6-14-38(21-63-71(49)50)22-64-72(51)52)17-18-36(11-3-29(43)33-7-15-39(23-65-73(53)54)24-66-74(55)56)12-4-30(44)34-8-16-40(25-67-75(57)58)26-68-76(59)60/h45-52H,1-26H2,(H4-4,31,32,33,34,41,42,43,44,53,54,55,56,57,58,59,60)/p+4. The number of nitrogens with zero attached hydrogens (tertiary/aromatic N) is 6. The smallest absolute Gasteiger partial charge is 0.355 e. The van der Waals surface area contributed by atoms with Gasteiger partial charge in [0, 0.05) is 136 Å². The highest BCUT2D eigenvalue weighted by atomic mass is 31.2. The van der Waals surface area contributed by atoms with E-state index in [4.69, 9.17) is 76.8 Å². The molecule has 4 unspecified atom stereocenters. The van der Waals surface area contributed by atoms with E-state index in [0.717, 1.165) is 0 Å². The number of hydrogen-bond acceptors (Lipinski definition) is 30. The van der Waals surface area contributed by atoms with E-state index in [-0.39, 0.29) is 117 Å². The van der Waals surface area contributed by atoms with Crippen LogP contribution in [0.3, 0.4) is 0 Å². The summed E-state index contributed by atoms with van der Waals surface area (Å²) in [6.07, 6.45) is -0.606. The zero-order valence-corrected chi connectivity index (χ0v) is 47.7. The zero-order chi connectivity index (χ0) is 57.3. The van der Waals surface area contributed by atoms with Crippen LogP contribution >= 0.6 is 67.4 Å². The molecular formula is C30H68N10O28P8+4. The molecule has 46 heteroatoms. The second-order valence-electron chi connectivity index (χ2n) is 14.7. The Bertz CT molecular complexity index is 1510. The minimum atomic E-state index is -3.03. The van der Waals surface area contributed by atoms with E-state index in [1.165, 1.54) is 19.6 Å². The van der Waals surface area contributed by atoms with Gasteiger partial charge in [-0.2, -0.15) is 0 Å². The van der Waals surface area contributed by atoms with Gasteiger partial charge in [0.05, 0.1) is 0 Å². The molecular weight excluding hydrogens is 1200 g/mol. The van der Waals surface area contributed by atoms with Crippen LogP contribution in [0.4, 0.5) is 0 Å². The van der Waals surface area contributed by atoms with Crippen LogP contribution in [-0.4, -0.2) is 257 Å². The van der Waals surface area contributed by atoms with Gasteiger partial charge in [0.1, 0.15) is 26.9 Å². The summed E-state index contributed by atoms with van der Waals surface area (Å²) in [5, 5.41) is 10.6. The molecule has 38 nitrogen and oxygen atoms in total. The SMILES string of the molecule is O=C(CCN(CCC(=O)NCCN(COP(O)O)COP(O)O)CCN(CCC(=O)NCCN(CO[P+](=O)O)CO[P+](=O)O)CCC(=O)NCCN(CO[P+](=O)O)CO[P+](=O)O)NCCN(COP(O)O)COP(O)O. The number of rotatable bonds is 51. The summed E-state index contributed by atoms with van der Waals surface area (Å²) in [7, 11) is -23.2. The predicted molar refractivity (Wildman–Crippen MR) is 263 cm³/mol. The first-order valence-electron chi connectivity index (χ1n) is 21.7. The molecule has 4 amide bonds. The summed E-state index contributed by atoms with van der Waals surface area (Å²) in [4.78, 5) is 169. The largest absolute Gasteiger partial charge is 0.696 e. The fraction of sp³-hybridized carbons (Fsp3) is 0.867. The van der Waals surface area contributed by atoms with Gasteiger partial charge in [-0.25, -0.2) is 9.80 Å². The zero-order valence-electron chi connectivity index (χ0n) is 40.5. The van der Waals surface area contributed by atoms with Crippen molar-refractivity contribution in [3.63, 3.8) is 0 Å². The maximum absolute atomic E-state index is 13.0. The summed E-state index contributed by atoms with van der Waals surface area (Å²) in [6.45, 7) is -3.57. The summed E-state index contributed by atoms with van der Waals surface area (Å²) in [5.41, 5.74) is 0. The lowest BCUT2D eigenvalue weighted by Crippen LogP contribution is -2.43. The molecule has 16 N–H and O–H groups in total. The van der Waals surface area contributed by atoms with E-state index in [2.05, 4.69) is 39.4 Å². The van der Waals surface area contributed by atoms with E-state index in [9.17, 15) is 37.4 Å². The average molecular weight is 1260 g/mol. The molecule has 0 rings (SSSR count). The number of hydrogen-bond donors (Lipinski definition) is 16. The lowest BCUT2D eigenvalue weighted by Gasteiger charge is -2.28. The highest BCUT2D eigenvalue weighted by molar-refractivity contribution is 7.40. The Balaban J connectivity index is 6.17. The maximum atomic E-state index is 13.0. The Morgan fingerprint density at radius 3 is 0.697 bits per heavy atom. The maximum Gasteiger partial charge on any atom is 0.696 e. The van der Waals surface area contributed by atoms with Crippen molar-refractivity contribution in [2.75, 3.05) is 145 Å². The first kappa shape index (κ1) is 75.0. The fourth-order valence-electron chi connectivity index (χ4n) is 5.48. The van der Waals surface area contributed by atoms with Gasteiger partial charge >= 0.3 is 67.4 Å². The van der Waals surface area contributed by atoms with Crippen molar-refractivity contribution in [1.82, 2.24) is 50.7 Å². The van der Waals surface area contributed by atoms with Crippen molar-refractivity contribution in [3.8, 4) is 0 Å². The predicted octanol–water partition coefficient (Wildman–Crippen LogP) is -3.94. The lowest BCUT2D eigenvalue weighted by molar-refractivity contribution is -0.123. The molecule has 0 heterocycles. The molecule has 0 aromatic heterocycles. The molecule has 0 saturated carbocycles. The van der Waals surface area contributed by atoms with Crippen LogP contribution in [-0.2, 0) is 73.6 Å². The highest BCUT2D eigenvalue weighted by Crippen LogP contribution is 2.28. The van der Waals surface area contributed by atoms with E-state index in [1.54, 1.807) is 9.80 Å². The molecule has 4 atom stereocenters. The number of carbonyl (C=O) groups is 4. The first-order valence-corrected chi connectivity index (χ1v) is 30.9. The Kier molecular flexibility index (Phi) is 46.9. The molecule has 0 bridgehead atoms. The van der Waals surface area contributed by atoms with Gasteiger partial charge in [-0.3, -0.25) is 47.1 Å². The van der Waals surface area contributed by atoms with Crippen LogP contribution in [0.25, 0.3) is 0 Å². The molecule has 0 fully saturated rings. The van der Waals surface area contributed by atoms with Gasteiger partial charge in [-0.1, -0.05) is 0 Å². The first-order chi connectivity index (χ1) is 35.9. The Labute approximate surface area is 444 Å². The molecule has 0 aliphatic heterocycles. The quantitative estimate of drug-likeness (QED) is 0.0204. The molecule has 0 aliphatic rings. The summed E-state index contributed by atoms with van der Waals surface area (Å²) < 4.78 is 81.6. The third kappa shape index (κ3) is 48.8. The van der Waals surface area contributed by atoms with E-state index >= 15 is 0 Å². The van der Waals surface area contributed by atoms with Gasteiger partial charge in [0.2, 0.25) is 23.6 Å². The van der Waals surface area contributed by atoms with E-state index in [0.29, 0.717) is 0 Å². The van der Waals surface area contributed by atoms with Gasteiger partial charge < -0.3 is 70.2 Å². The van der Waals surface area contributed by atoms with Crippen molar-refractivity contribution in [2.45, 2.75) is 25.7 Å². The highest BCUT2D eigenvalue weighted by Gasteiger charge is 2.24. The van der Waals surface area contributed by atoms with Crippen molar-refractivity contribution >= 4 is 91.1 Å². The molecule has 442 valence electrons. The Morgan fingerprint density at radius 2 is 0.513 bits per heavy atom. The minimum Gasteiger partial charge on any atom is -0.355 e. The van der Waals surface area contributed by atoms with Crippen LogP contribution in [0.15, 0.2) is 0 Å². The van der Waals surface area contributed by atoms with E-state index < -0.39 is 145 Å². The monoisotopic (exact) mass is 1260 g/mol. The van der Waals surface area contributed by atoms with Crippen LogP contribution in [0.5, 0.6) is 0 Å².